The third-order valence-corrected chi connectivity index (χ3v) is 3.82. The summed E-state index contributed by atoms with van der Waals surface area (Å²) in [7, 11) is 0. The molecule has 1 aromatic rings. The quantitative estimate of drug-likeness (QED) is 0.843. The van der Waals surface area contributed by atoms with Crippen molar-refractivity contribution in [3.63, 3.8) is 0 Å². The Morgan fingerprint density at radius 3 is 2.82 bits per heavy atom. The summed E-state index contributed by atoms with van der Waals surface area (Å²) in [6.45, 7) is 11.2. The lowest BCUT2D eigenvalue weighted by molar-refractivity contribution is 0.397. The van der Waals surface area contributed by atoms with Gasteiger partial charge in [0.1, 0.15) is 0 Å². The number of nitrogens with zero attached hydrogens (tertiary/aromatic N) is 1. The molecule has 0 bridgehead atoms. The highest BCUT2D eigenvalue weighted by Gasteiger charge is 2.24. The second kappa shape index (κ2) is 5.09. The lowest BCUT2D eigenvalue weighted by Gasteiger charge is -2.41. The maximum atomic E-state index is 3.61. The van der Waals surface area contributed by atoms with E-state index in [-0.39, 0.29) is 0 Å². The molecule has 0 aromatic heterocycles. The summed E-state index contributed by atoms with van der Waals surface area (Å²) >= 11 is 0. The number of benzene rings is 1. The van der Waals surface area contributed by atoms with Crippen molar-refractivity contribution in [3.05, 3.63) is 29.3 Å². The van der Waals surface area contributed by atoms with Gasteiger partial charge in [-0.1, -0.05) is 19.1 Å². The Hall–Kier alpha value is -1.02. The highest BCUT2D eigenvalue weighted by molar-refractivity contribution is 5.56. The standard InChI is InChI=1S/C15H24N2/c1-5-14-10-17(13(4)9-16-14)15-8-11(2)6-7-12(15)3/h6-8,13-14,16H,5,9-10H2,1-4H3. The van der Waals surface area contributed by atoms with Crippen LogP contribution in [0.25, 0.3) is 0 Å². The van der Waals surface area contributed by atoms with E-state index in [0.29, 0.717) is 12.1 Å². The molecule has 0 spiro atoms. The van der Waals surface area contributed by atoms with Crippen molar-refractivity contribution in [2.45, 2.75) is 46.2 Å². The highest BCUT2D eigenvalue weighted by atomic mass is 15.2. The number of piperazine rings is 1. The highest BCUT2D eigenvalue weighted by Crippen LogP contribution is 2.25. The summed E-state index contributed by atoms with van der Waals surface area (Å²) in [5.41, 5.74) is 4.15. The third-order valence-electron chi connectivity index (χ3n) is 3.82. The average molecular weight is 232 g/mol. The van der Waals surface area contributed by atoms with E-state index in [4.69, 9.17) is 0 Å². The number of nitrogens with one attached hydrogen (secondary N) is 1. The molecule has 1 aliphatic rings. The number of rotatable bonds is 2. The summed E-state index contributed by atoms with van der Waals surface area (Å²) in [5, 5.41) is 3.61. The van der Waals surface area contributed by atoms with Crippen LogP contribution in [0.4, 0.5) is 5.69 Å². The number of aryl methyl sites for hydroxylation is 2. The van der Waals surface area contributed by atoms with Gasteiger partial charge in [0.15, 0.2) is 0 Å². The van der Waals surface area contributed by atoms with Crippen molar-refractivity contribution in [1.29, 1.82) is 0 Å². The molecule has 2 rings (SSSR count). The second-order valence-corrected chi connectivity index (χ2v) is 5.30. The fraction of sp³-hybridized carbons (Fsp3) is 0.600. The maximum Gasteiger partial charge on any atom is 0.0401 e. The number of hydrogen-bond acceptors (Lipinski definition) is 2. The van der Waals surface area contributed by atoms with Gasteiger partial charge in [0, 0.05) is 30.9 Å². The zero-order chi connectivity index (χ0) is 12.4. The molecule has 1 fully saturated rings. The van der Waals surface area contributed by atoms with Crippen LogP contribution < -0.4 is 10.2 Å². The summed E-state index contributed by atoms with van der Waals surface area (Å²) in [5.74, 6) is 0. The molecule has 2 nitrogen and oxygen atoms in total. The van der Waals surface area contributed by atoms with Crippen LogP contribution in [-0.2, 0) is 0 Å². The molecule has 1 aliphatic heterocycles. The molecule has 17 heavy (non-hydrogen) atoms. The van der Waals surface area contributed by atoms with Crippen molar-refractivity contribution in [2.24, 2.45) is 0 Å². The van der Waals surface area contributed by atoms with Gasteiger partial charge >= 0.3 is 0 Å². The Morgan fingerprint density at radius 1 is 1.35 bits per heavy atom. The van der Waals surface area contributed by atoms with Crippen LogP contribution >= 0.6 is 0 Å². The van der Waals surface area contributed by atoms with E-state index in [1.54, 1.807) is 0 Å². The molecule has 0 saturated carbocycles. The van der Waals surface area contributed by atoms with E-state index in [1.807, 2.05) is 0 Å². The van der Waals surface area contributed by atoms with Gasteiger partial charge in [-0.15, -0.1) is 0 Å². The first kappa shape index (κ1) is 12.4. The van der Waals surface area contributed by atoms with Gasteiger partial charge in [-0.25, -0.2) is 0 Å². The van der Waals surface area contributed by atoms with Gasteiger partial charge < -0.3 is 10.2 Å². The van der Waals surface area contributed by atoms with Crippen molar-refractivity contribution >= 4 is 5.69 Å². The van der Waals surface area contributed by atoms with E-state index in [1.165, 1.54) is 23.2 Å². The van der Waals surface area contributed by atoms with Gasteiger partial charge in [0.2, 0.25) is 0 Å². The summed E-state index contributed by atoms with van der Waals surface area (Å²) in [6, 6.07) is 7.97. The van der Waals surface area contributed by atoms with Gasteiger partial charge in [-0.2, -0.15) is 0 Å². The predicted octanol–water partition coefficient (Wildman–Crippen LogP) is 2.88. The zero-order valence-electron chi connectivity index (χ0n) is 11.5. The Bertz CT molecular complexity index is 387. The zero-order valence-corrected chi connectivity index (χ0v) is 11.5. The first-order valence-electron chi connectivity index (χ1n) is 6.69. The van der Waals surface area contributed by atoms with Gasteiger partial charge in [0.25, 0.3) is 0 Å². The van der Waals surface area contributed by atoms with Crippen LogP contribution in [0.2, 0.25) is 0 Å². The van der Waals surface area contributed by atoms with Crippen LogP contribution in [0.3, 0.4) is 0 Å². The molecule has 94 valence electrons. The Morgan fingerprint density at radius 2 is 2.12 bits per heavy atom. The molecule has 1 heterocycles. The molecular weight excluding hydrogens is 208 g/mol. The largest absolute Gasteiger partial charge is 0.366 e. The van der Waals surface area contributed by atoms with Crippen LogP contribution in [0, 0.1) is 13.8 Å². The Labute approximate surface area is 105 Å². The number of anilines is 1. The van der Waals surface area contributed by atoms with Crippen LogP contribution in [-0.4, -0.2) is 25.2 Å². The minimum Gasteiger partial charge on any atom is -0.366 e. The van der Waals surface area contributed by atoms with E-state index in [9.17, 15) is 0 Å². The maximum absolute atomic E-state index is 3.61. The monoisotopic (exact) mass is 232 g/mol. The number of hydrogen-bond donors (Lipinski definition) is 1. The smallest absolute Gasteiger partial charge is 0.0401 e. The van der Waals surface area contributed by atoms with E-state index in [2.05, 4.69) is 56.1 Å². The molecule has 2 heteroatoms. The summed E-state index contributed by atoms with van der Waals surface area (Å²) in [4.78, 5) is 2.56. The topological polar surface area (TPSA) is 15.3 Å². The average Bonchev–Trinajstić information content (AvgIpc) is 2.33. The van der Waals surface area contributed by atoms with Gasteiger partial charge in [-0.3, -0.25) is 0 Å². The minimum atomic E-state index is 0.582. The minimum absolute atomic E-state index is 0.582. The Balaban J connectivity index is 2.27. The SMILES string of the molecule is CCC1CN(c2cc(C)ccc2C)C(C)CN1. The fourth-order valence-electron chi connectivity index (χ4n) is 2.57. The van der Waals surface area contributed by atoms with Crippen LogP contribution in [0.15, 0.2) is 18.2 Å². The van der Waals surface area contributed by atoms with E-state index < -0.39 is 0 Å². The molecule has 2 unspecified atom stereocenters. The molecule has 1 saturated heterocycles. The Kier molecular flexibility index (Phi) is 3.72. The van der Waals surface area contributed by atoms with E-state index >= 15 is 0 Å². The first-order valence-corrected chi connectivity index (χ1v) is 6.69. The molecule has 2 atom stereocenters. The predicted molar refractivity (Wildman–Crippen MR) is 74.8 cm³/mol. The van der Waals surface area contributed by atoms with E-state index in [0.717, 1.165) is 13.1 Å². The van der Waals surface area contributed by atoms with Crippen molar-refractivity contribution < 1.29 is 0 Å². The molecular formula is C15H24N2. The van der Waals surface area contributed by atoms with Crippen LogP contribution in [0.5, 0.6) is 0 Å². The lowest BCUT2D eigenvalue weighted by atomic mass is 10.0. The fourth-order valence-corrected chi connectivity index (χ4v) is 2.57. The molecule has 1 aromatic carbocycles. The van der Waals surface area contributed by atoms with Crippen LogP contribution in [0.1, 0.15) is 31.4 Å². The second-order valence-electron chi connectivity index (χ2n) is 5.30. The molecule has 0 amide bonds. The van der Waals surface area contributed by atoms with Gasteiger partial charge in [-0.05, 0) is 44.4 Å². The molecule has 0 aliphatic carbocycles. The first-order chi connectivity index (χ1) is 8.11. The normalized spacial score (nSPS) is 25.1. The van der Waals surface area contributed by atoms with Crippen molar-refractivity contribution in [1.82, 2.24) is 5.32 Å². The molecule has 1 N–H and O–H groups in total. The lowest BCUT2D eigenvalue weighted by Crippen LogP contribution is -2.55. The van der Waals surface area contributed by atoms with Crippen molar-refractivity contribution in [2.75, 3.05) is 18.0 Å². The molecule has 0 radical (unpaired) electrons. The summed E-state index contributed by atoms with van der Waals surface area (Å²) in [6.07, 6.45) is 1.20. The van der Waals surface area contributed by atoms with Gasteiger partial charge in [0.05, 0.1) is 0 Å². The van der Waals surface area contributed by atoms with Crippen molar-refractivity contribution in [3.8, 4) is 0 Å². The third kappa shape index (κ3) is 2.63. The summed E-state index contributed by atoms with van der Waals surface area (Å²) < 4.78 is 0.